The van der Waals surface area contributed by atoms with Crippen molar-refractivity contribution in [2.45, 2.75) is 0 Å². The summed E-state index contributed by atoms with van der Waals surface area (Å²) in [6, 6.07) is 4.53. The van der Waals surface area contributed by atoms with Gasteiger partial charge in [-0.3, -0.25) is 0 Å². The van der Waals surface area contributed by atoms with Gasteiger partial charge in [0.1, 0.15) is 0 Å². The molecule has 0 saturated heterocycles. The summed E-state index contributed by atoms with van der Waals surface area (Å²) in [5, 5.41) is 12.3. The Morgan fingerprint density at radius 1 is 1.46 bits per heavy atom. The number of nitrogens with zero attached hydrogens (tertiary/aromatic N) is 2. The smallest absolute Gasteiger partial charge is 0.335 e. The lowest BCUT2D eigenvalue weighted by Gasteiger charge is -1.98. The van der Waals surface area contributed by atoms with Gasteiger partial charge in [0, 0.05) is 5.56 Å². The fourth-order valence-electron chi connectivity index (χ4n) is 1.13. The summed E-state index contributed by atoms with van der Waals surface area (Å²) < 4.78 is 0. The molecule has 1 aromatic rings. The molecule has 1 radical (unpaired) electrons. The van der Waals surface area contributed by atoms with Crippen LogP contribution >= 0.6 is 0 Å². The van der Waals surface area contributed by atoms with Crippen LogP contribution in [0.3, 0.4) is 0 Å². The lowest BCUT2D eigenvalue weighted by Crippen LogP contribution is -2.09. The van der Waals surface area contributed by atoms with Crippen LogP contribution in [0.5, 0.6) is 0 Å². The van der Waals surface area contributed by atoms with Crippen LogP contribution < -0.4 is 11.2 Å². The van der Waals surface area contributed by atoms with Gasteiger partial charge in [-0.2, -0.15) is 0 Å². The number of hydrogen-bond acceptors (Lipinski definition) is 3. The molecule has 2 rings (SSSR count). The molecule has 5 heteroatoms. The van der Waals surface area contributed by atoms with E-state index in [9.17, 15) is 4.79 Å². The van der Waals surface area contributed by atoms with Gasteiger partial charge in [-0.1, -0.05) is 0 Å². The molecule has 65 valence electrons. The van der Waals surface area contributed by atoms with E-state index in [1.165, 1.54) is 12.1 Å². The molecular formula is C8H6N3O2. The Hall–Kier alpha value is -2.04. The summed E-state index contributed by atoms with van der Waals surface area (Å²) in [4.78, 5) is 10.6. The molecule has 0 spiro atoms. The highest BCUT2D eigenvalue weighted by molar-refractivity contribution is 6.05. The second-order valence-electron chi connectivity index (χ2n) is 2.62. The highest BCUT2D eigenvalue weighted by Gasteiger charge is 2.16. The Morgan fingerprint density at radius 2 is 2.23 bits per heavy atom. The molecule has 0 amide bonds. The molecule has 1 aromatic carbocycles. The van der Waals surface area contributed by atoms with Crippen LogP contribution in [-0.2, 0) is 0 Å². The Kier molecular flexibility index (Phi) is 1.45. The zero-order valence-electron chi connectivity index (χ0n) is 6.56. The lowest BCUT2D eigenvalue weighted by atomic mass is 10.1. The Bertz CT molecular complexity index is 412. The Balaban J connectivity index is 2.49. The van der Waals surface area contributed by atoms with Crippen molar-refractivity contribution in [3.05, 3.63) is 29.3 Å². The van der Waals surface area contributed by atoms with Crippen molar-refractivity contribution in [3.8, 4) is 0 Å². The molecule has 5 nitrogen and oxygen atoms in total. The predicted octanol–water partition coefficient (Wildman–Crippen LogP) is 0.255. The van der Waals surface area contributed by atoms with E-state index < -0.39 is 5.97 Å². The largest absolute Gasteiger partial charge is 0.478 e. The van der Waals surface area contributed by atoms with E-state index in [1.807, 2.05) is 0 Å². The van der Waals surface area contributed by atoms with Gasteiger partial charge >= 0.3 is 5.97 Å². The number of amidine groups is 1. The number of carbonyl (C=O) groups is 1. The molecule has 1 aliphatic heterocycles. The van der Waals surface area contributed by atoms with Gasteiger partial charge in [0.25, 0.3) is 0 Å². The SMILES string of the molecule is NC1=N[N]c2cc(C(=O)O)ccc21. The molecule has 0 unspecified atom stereocenters. The number of nitrogens with two attached hydrogens (primary N) is 1. The monoisotopic (exact) mass is 176 g/mol. The summed E-state index contributed by atoms with van der Waals surface area (Å²) in [5.41, 5.74) is 10.6. The highest BCUT2D eigenvalue weighted by atomic mass is 16.4. The van der Waals surface area contributed by atoms with Gasteiger partial charge in [0.15, 0.2) is 5.84 Å². The average Bonchev–Trinajstić information content (AvgIpc) is 2.47. The van der Waals surface area contributed by atoms with Crippen LogP contribution in [0.1, 0.15) is 15.9 Å². The van der Waals surface area contributed by atoms with E-state index >= 15 is 0 Å². The van der Waals surface area contributed by atoms with Crippen LogP contribution in [-0.4, -0.2) is 16.9 Å². The van der Waals surface area contributed by atoms with Gasteiger partial charge < -0.3 is 10.8 Å². The van der Waals surface area contributed by atoms with Crippen molar-refractivity contribution in [2.24, 2.45) is 10.8 Å². The van der Waals surface area contributed by atoms with Crippen LogP contribution in [0.25, 0.3) is 0 Å². The molecule has 3 N–H and O–H groups in total. The van der Waals surface area contributed by atoms with E-state index in [2.05, 4.69) is 10.5 Å². The van der Waals surface area contributed by atoms with E-state index in [1.54, 1.807) is 6.07 Å². The summed E-state index contributed by atoms with van der Waals surface area (Å²) in [6.45, 7) is 0. The maximum atomic E-state index is 10.6. The molecule has 1 heterocycles. The maximum absolute atomic E-state index is 10.6. The normalized spacial score (nSPS) is 13.1. The van der Waals surface area contributed by atoms with Crippen molar-refractivity contribution in [1.29, 1.82) is 0 Å². The third kappa shape index (κ3) is 1.10. The first-order valence-electron chi connectivity index (χ1n) is 3.60. The summed E-state index contributed by atoms with van der Waals surface area (Å²) in [7, 11) is 0. The summed E-state index contributed by atoms with van der Waals surface area (Å²) in [5.74, 6) is -0.657. The zero-order valence-corrected chi connectivity index (χ0v) is 6.56. The van der Waals surface area contributed by atoms with Gasteiger partial charge in [-0.05, 0) is 18.2 Å². The first kappa shape index (κ1) is 7.60. The average molecular weight is 176 g/mol. The van der Waals surface area contributed by atoms with Gasteiger partial charge in [-0.25, -0.2) is 4.79 Å². The van der Waals surface area contributed by atoms with Gasteiger partial charge in [-0.15, -0.1) is 10.5 Å². The lowest BCUT2D eigenvalue weighted by molar-refractivity contribution is 0.0697. The minimum absolute atomic E-state index is 0.187. The first-order valence-corrected chi connectivity index (χ1v) is 3.60. The van der Waals surface area contributed by atoms with E-state index in [0.29, 0.717) is 17.1 Å². The standard InChI is InChI=1S/C8H6N3O2/c9-7-5-2-1-4(8(12)13)3-6(5)10-11-7/h1-3H,(H2,9,11)(H,12,13). The van der Waals surface area contributed by atoms with Crippen LogP contribution in [0.2, 0.25) is 0 Å². The van der Waals surface area contributed by atoms with Crippen LogP contribution in [0.15, 0.2) is 23.3 Å². The topological polar surface area (TPSA) is 89.8 Å². The number of carboxylic acids is 1. The second-order valence-corrected chi connectivity index (χ2v) is 2.62. The van der Waals surface area contributed by atoms with Gasteiger partial charge in [0.05, 0.1) is 11.3 Å². The third-order valence-corrected chi connectivity index (χ3v) is 1.79. The highest BCUT2D eigenvalue weighted by Crippen LogP contribution is 2.22. The molecule has 0 saturated carbocycles. The fourth-order valence-corrected chi connectivity index (χ4v) is 1.13. The first-order chi connectivity index (χ1) is 6.18. The van der Waals surface area contributed by atoms with Crippen LogP contribution in [0, 0.1) is 0 Å². The maximum Gasteiger partial charge on any atom is 0.335 e. The summed E-state index contributed by atoms with van der Waals surface area (Å²) >= 11 is 0. The number of hydrogen-bond donors (Lipinski definition) is 2. The number of fused-ring (bicyclic) bond motifs is 1. The van der Waals surface area contributed by atoms with Crippen molar-refractivity contribution >= 4 is 17.5 Å². The molecule has 0 fully saturated rings. The zero-order chi connectivity index (χ0) is 9.42. The molecular weight excluding hydrogens is 170 g/mol. The summed E-state index contributed by atoms with van der Waals surface area (Å²) in [6.07, 6.45) is 0. The van der Waals surface area contributed by atoms with Crippen molar-refractivity contribution in [1.82, 2.24) is 5.43 Å². The second kappa shape index (κ2) is 2.48. The van der Waals surface area contributed by atoms with Crippen molar-refractivity contribution in [2.75, 3.05) is 0 Å². The van der Waals surface area contributed by atoms with Crippen molar-refractivity contribution in [3.63, 3.8) is 0 Å². The van der Waals surface area contributed by atoms with Crippen LogP contribution in [0.4, 0.5) is 5.69 Å². The third-order valence-electron chi connectivity index (χ3n) is 1.79. The Labute approximate surface area is 73.9 Å². The van der Waals surface area contributed by atoms with Gasteiger partial charge in [0.2, 0.25) is 0 Å². The quantitative estimate of drug-likeness (QED) is 0.642. The van der Waals surface area contributed by atoms with E-state index in [4.69, 9.17) is 10.8 Å². The number of rotatable bonds is 1. The molecule has 0 aromatic heterocycles. The molecule has 0 bridgehead atoms. The van der Waals surface area contributed by atoms with E-state index in [-0.39, 0.29) is 5.56 Å². The molecule has 0 atom stereocenters. The number of aromatic carboxylic acids is 1. The molecule has 1 aliphatic rings. The minimum atomic E-state index is -0.983. The fraction of sp³-hybridized carbons (Fsp3) is 0. The molecule has 0 aliphatic carbocycles. The van der Waals surface area contributed by atoms with Crippen molar-refractivity contribution < 1.29 is 9.90 Å². The Morgan fingerprint density at radius 3 is 2.92 bits per heavy atom. The molecule has 13 heavy (non-hydrogen) atoms. The number of benzene rings is 1. The minimum Gasteiger partial charge on any atom is -0.478 e. The van der Waals surface area contributed by atoms with E-state index in [0.717, 1.165) is 0 Å². The predicted molar refractivity (Wildman–Crippen MR) is 45.9 cm³/mol. The number of carboxylic acid groups (broad SMARTS) is 1.